The number of benzene rings is 3. The maximum Gasteiger partial charge on any atom is 0.340 e. The van der Waals surface area contributed by atoms with Gasteiger partial charge in [0.1, 0.15) is 0 Å². The molecule has 0 aliphatic heterocycles. The van der Waals surface area contributed by atoms with Gasteiger partial charge in [0.2, 0.25) is 5.89 Å². The third-order valence-corrected chi connectivity index (χ3v) is 4.81. The smallest absolute Gasteiger partial charge is 0.340 e. The lowest BCUT2D eigenvalue weighted by atomic mass is 10.1. The van der Waals surface area contributed by atoms with Crippen molar-refractivity contribution in [1.82, 2.24) is 10.2 Å². The quantitative estimate of drug-likeness (QED) is 0.402. The number of carbonyl (C=O) groups is 2. The molecule has 0 bridgehead atoms. The third-order valence-electron chi connectivity index (χ3n) is 4.56. The molecule has 0 spiro atoms. The number of aromatic nitrogens is 2. The topological polar surface area (TPSA) is 94.3 Å². The summed E-state index contributed by atoms with van der Waals surface area (Å²) in [4.78, 5) is 25.2. The zero-order valence-electron chi connectivity index (χ0n) is 17.0. The van der Waals surface area contributed by atoms with Gasteiger partial charge in [0.15, 0.2) is 6.61 Å². The molecule has 0 fully saturated rings. The summed E-state index contributed by atoms with van der Waals surface area (Å²) in [5, 5.41) is 11.2. The molecular weight excluding hydrogens is 430 g/mol. The molecule has 1 heterocycles. The fourth-order valence-electron chi connectivity index (χ4n) is 2.98. The van der Waals surface area contributed by atoms with Crippen LogP contribution in [-0.2, 0) is 11.3 Å². The van der Waals surface area contributed by atoms with Crippen LogP contribution >= 0.6 is 11.6 Å². The molecule has 7 nitrogen and oxygen atoms in total. The molecule has 4 rings (SSSR count). The van der Waals surface area contributed by atoms with Crippen molar-refractivity contribution in [3.8, 4) is 11.5 Å². The Kier molecular flexibility index (Phi) is 6.28. The highest BCUT2D eigenvalue weighted by Crippen LogP contribution is 2.22. The van der Waals surface area contributed by atoms with Crippen molar-refractivity contribution in [3.63, 3.8) is 0 Å². The van der Waals surface area contributed by atoms with Gasteiger partial charge in [-0.25, -0.2) is 4.79 Å². The Morgan fingerprint density at radius 1 is 1.00 bits per heavy atom. The van der Waals surface area contributed by atoms with E-state index >= 15 is 0 Å². The van der Waals surface area contributed by atoms with E-state index in [9.17, 15) is 9.59 Å². The average molecular weight is 448 g/mol. The first-order valence-electron chi connectivity index (χ1n) is 9.72. The molecule has 1 N–H and O–H groups in total. The molecule has 0 aliphatic rings. The minimum atomic E-state index is -0.628. The van der Waals surface area contributed by atoms with Gasteiger partial charge in [-0.05, 0) is 55.5 Å². The van der Waals surface area contributed by atoms with Crippen molar-refractivity contribution >= 4 is 29.2 Å². The molecule has 1 aromatic heterocycles. The zero-order valence-corrected chi connectivity index (χ0v) is 17.8. The lowest BCUT2D eigenvalue weighted by Gasteiger charge is -2.10. The van der Waals surface area contributed by atoms with E-state index in [1.165, 1.54) is 0 Å². The van der Waals surface area contributed by atoms with Crippen LogP contribution in [0.5, 0.6) is 0 Å². The summed E-state index contributed by atoms with van der Waals surface area (Å²) in [6.45, 7) is 1.69. The maximum absolute atomic E-state index is 12.6. The van der Waals surface area contributed by atoms with E-state index in [1.54, 1.807) is 66.7 Å². The van der Waals surface area contributed by atoms with Crippen LogP contribution in [0.15, 0.2) is 77.2 Å². The summed E-state index contributed by atoms with van der Waals surface area (Å²) in [7, 11) is 0. The van der Waals surface area contributed by atoms with Crippen LogP contribution in [0, 0.1) is 6.92 Å². The van der Waals surface area contributed by atoms with Crippen molar-refractivity contribution in [3.05, 3.63) is 100 Å². The van der Waals surface area contributed by atoms with Crippen molar-refractivity contribution < 1.29 is 18.7 Å². The van der Waals surface area contributed by atoms with Gasteiger partial charge in [0.05, 0.1) is 11.3 Å². The number of nitrogens with zero attached hydrogens (tertiary/aromatic N) is 2. The van der Waals surface area contributed by atoms with Gasteiger partial charge in [-0.2, -0.15) is 0 Å². The standard InChI is InChI=1S/C24H18ClN3O4/c1-15-5-4-6-17(13-15)22(29)26-20-8-3-2-7-19(20)24(30)31-14-21-27-28-23(32-21)16-9-11-18(25)12-10-16/h2-13H,14H2,1H3,(H,26,29). The Hall–Kier alpha value is -3.97. The van der Waals surface area contributed by atoms with Crippen LogP contribution in [-0.4, -0.2) is 22.1 Å². The van der Waals surface area contributed by atoms with E-state index in [0.29, 0.717) is 27.7 Å². The number of esters is 1. The summed E-state index contributed by atoms with van der Waals surface area (Å²) in [6.07, 6.45) is 0. The first kappa shape index (κ1) is 21.3. The molecule has 8 heteroatoms. The highest BCUT2D eigenvalue weighted by Gasteiger charge is 2.17. The van der Waals surface area contributed by atoms with Crippen LogP contribution in [0.2, 0.25) is 5.02 Å². The van der Waals surface area contributed by atoms with E-state index in [1.807, 2.05) is 13.0 Å². The highest BCUT2D eigenvalue weighted by atomic mass is 35.5. The van der Waals surface area contributed by atoms with Crippen molar-refractivity contribution in [2.24, 2.45) is 0 Å². The summed E-state index contributed by atoms with van der Waals surface area (Å²) >= 11 is 5.88. The van der Waals surface area contributed by atoms with E-state index in [2.05, 4.69) is 15.5 Å². The summed E-state index contributed by atoms with van der Waals surface area (Å²) in [5.74, 6) is -0.516. The molecule has 0 unspecified atom stereocenters. The minimum Gasteiger partial charge on any atom is -0.452 e. The number of carbonyl (C=O) groups excluding carboxylic acids is 2. The van der Waals surface area contributed by atoms with Crippen LogP contribution in [0.1, 0.15) is 32.2 Å². The molecule has 0 aliphatic carbocycles. The lowest BCUT2D eigenvalue weighted by molar-refractivity contribution is 0.0440. The molecule has 0 saturated carbocycles. The summed E-state index contributed by atoms with van der Waals surface area (Å²) in [6, 6.07) is 20.7. The number of halogens is 1. The number of rotatable bonds is 6. The Bertz CT molecular complexity index is 1270. The molecule has 3 aromatic carbocycles. The molecule has 4 aromatic rings. The normalized spacial score (nSPS) is 10.6. The first-order chi connectivity index (χ1) is 15.5. The summed E-state index contributed by atoms with van der Waals surface area (Å²) < 4.78 is 10.9. The van der Waals surface area contributed by atoms with Crippen LogP contribution in [0.4, 0.5) is 5.69 Å². The van der Waals surface area contributed by atoms with Crippen LogP contribution < -0.4 is 5.32 Å². The molecular formula is C24H18ClN3O4. The highest BCUT2D eigenvalue weighted by molar-refractivity contribution is 6.30. The predicted molar refractivity (Wildman–Crippen MR) is 119 cm³/mol. The molecule has 0 radical (unpaired) electrons. The minimum absolute atomic E-state index is 0.143. The number of hydrogen-bond acceptors (Lipinski definition) is 6. The second-order valence-electron chi connectivity index (χ2n) is 6.95. The first-order valence-corrected chi connectivity index (χ1v) is 10.1. The van der Waals surface area contributed by atoms with Crippen molar-refractivity contribution in [2.45, 2.75) is 13.5 Å². The van der Waals surface area contributed by atoms with Gasteiger partial charge < -0.3 is 14.5 Å². The van der Waals surface area contributed by atoms with Gasteiger partial charge in [0, 0.05) is 16.1 Å². The van der Waals surface area contributed by atoms with Crippen molar-refractivity contribution in [2.75, 3.05) is 5.32 Å². The largest absolute Gasteiger partial charge is 0.452 e. The van der Waals surface area contributed by atoms with Gasteiger partial charge in [0.25, 0.3) is 11.8 Å². The van der Waals surface area contributed by atoms with E-state index in [0.717, 1.165) is 5.56 Å². The number of para-hydroxylation sites is 1. The van der Waals surface area contributed by atoms with E-state index in [-0.39, 0.29) is 24.0 Å². The SMILES string of the molecule is Cc1cccc(C(=O)Nc2ccccc2C(=O)OCc2nnc(-c3ccc(Cl)cc3)o2)c1. The number of hydrogen-bond donors (Lipinski definition) is 1. The Morgan fingerprint density at radius 2 is 1.78 bits per heavy atom. The van der Waals surface area contributed by atoms with Gasteiger partial charge in [-0.1, -0.05) is 41.4 Å². The van der Waals surface area contributed by atoms with Crippen LogP contribution in [0.3, 0.4) is 0 Å². The second kappa shape index (κ2) is 9.45. The zero-order chi connectivity index (χ0) is 22.5. The monoisotopic (exact) mass is 447 g/mol. The molecule has 32 heavy (non-hydrogen) atoms. The van der Waals surface area contributed by atoms with Gasteiger partial charge in [-0.15, -0.1) is 10.2 Å². The number of ether oxygens (including phenoxy) is 1. The summed E-state index contributed by atoms with van der Waals surface area (Å²) in [5.41, 5.74) is 2.71. The van der Waals surface area contributed by atoms with Crippen LogP contribution in [0.25, 0.3) is 11.5 Å². The van der Waals surface area contributed by atoms with Crippen molar-refractivity contribution in [1.29, 1.82) is 0 Å². The molecule has 0 atom stereocenters. The Balaban J connectivity index is 1.43. The van der Waals surface area contributed by atoms with E-state index in [4.69, 9.17) is 20.8 Å². The number of aryl methyl sites for hydroxylation is 1. The molecule has 0 saturated heterocycles. The second-order valence-corrected chi connectivity index (χ2v) is 7.39. The molecule has 160 valence electrons. The van der Waals surface area contributed by atoms with Gasteiger partial charge in [-0.3, -0.25) is 4.79 Å². The number of amides is 1. The lowest BCUT2D eigenvalue weighted by Crippen LogP contribution is -2.16. The van der Waals surface area contributed by atoms with E-state index < -0.39 is 5.97 Å². The number of nitrogens with one attached hydrogen (secondary N) is 1. The number of anilines is 1. The molecule has 1 amide bonds. The maximum atomic E-state index is 12.6. The fourth-order valence-corrected chi connectivity index (χ4v) is 3.10. The average Bonchev–Trinajstić information content (AvgIpc) is 3.27. The fraction of sp³-hybridized carbons (Fsp3) is 0.0833. The Labute approximate surface area is 189 Å². The predicted octanol–water partition coefficient (Wildman–Crippen LogP) is 5.31. The third kappa shape index (κ3) is 5.01. The van der Waals surface area contributed by atoms with Gasteiger partial charge >= 0.3 is 5.97 Å². The Morgan fingerprint density at radius 3 is 2.56 bits per heavy atom.